The van der Waals surface area contributed by atoms with Crippen LogP contribution in [0.4, 0.5) is 0 Å². The number of hydrogen-bond acceptors (Lipinski definition) is 6. The SMILES string of the molecule is Cc1cc(C)cc(-n2nnnc2SCC(=O)N(C)Cc2sccc2C)c1. The lowest BCUT2D eigenvalue weighted by Gasteiger charge is -2.16. The van der Waals surface area contributed by atoms with E-state index < -0.39 is 0 Å². The van der Waals surface area contributed by atoms with Crippen molar-refractivity contribution in [1.82, 2.24) is 25.1 Å². The van der Waals surface area contributed by atoms with Crippen LogP contribution in [0.2, 0.25) is 0 Å². The van der Waals surface area contributed by atoms with Crippen LogP contribution in [0.25, 0.3) is 5.69 Å². The molecule has 26 heavy (non-hydrogen) atoms. The van der Waals surface area contributed by atoms with Crippen LogP contribution in [0.1, 0.15) is 21.6 Å². The largest absolute Gasteiger partial charge is 0.340 e. The fourth-order valence-corrected chi connectivity index (χ4v) is 4.40. The van der Waals surface area contributed by atoms with Gasteiger partial charge in [-0.3, -0.25) is 4.79 Å². The molecule has 8 heteroatoms. The van der Waals surface area contributed by atoms with Crippen LogP contribution in [0.3, 0.4) is 0 Å². The normalized spacial score (nSPS) is 10.9. The molecule has 3 aromatic rings. The molecule has 6 nitrogen and oxygen atoms in total. The van der Waals surface area contributed by atoms with Gasteiger partial charge in [-0.1, -0.05) is 17.8 Å². The van der Waals surface area contributed by atoms with Gasteiger partial charge in [-0.15, -0.1) is 16.4 Å². The van der Waals surface area contributed by atoms with Gasteiger partial charge in [0, 0.05) is 11.9 Å². The van der Waals surface area contributed by atoms with Gasteiger partial charge in [-0.05, 0) is 71.5 Å². The summed E-state index contributed by atoms with van der Waals surface area (Å²) >= 11 is 3.03. The maximum absolute atomic E-state index is 12.5. The molecule has 0 N–H and O–H groups in total. The second-order valence-corrected chi connectivity index (χ2v) is 8.23. The van der Waals surface area contributed by atoms with Gasteiger partial charge in [0.15, 0.2) is 0 Å². The minimum absolute atomic E-state index is 0.0535. The maximum atomic E-state index is 12.5. The summed E-state index contributed by atoms with van der Waals surface area (Å²) in [5.74, 6) is 0.351. The number of nitrogens with zero attached hydrogens (tertiary/aromatic N) is 5. The first-order valence-corrected chi connectivity index (χ1v) is 10.1. The highest BCUT2D eigenvalue weighted by molar-refractivity contribution is 7.99. The minimum atomic E-state index is 0.0535. The van der Waals surface area contributed by atoms with Crippen LogP contribution < -0.4 is 0 Å². The summed E-state index contributed by atoms with van der Waals surface area (Å²) in [5, 5.41) is 14.6. The summed E-state index contributed by atoms with van der Waals surface area (Å²) in [7, 11) is 1.83. The molecule has 1 aromatic carbocycles. The molecular formula is C18H21N5OS2. The van der Waals surface area contributed by atoms with Crippen LogP contribution in [0, 0.1) is 20.8 Å². The number of hydrogen-bond donors (Lipinski definition) is 0. The Morgan fingerprint density at radius 2 is 1.96 bits per heavy atom. The first-order valence-electron chi connectivity index (χ1n) is 8.21. The lowest BCUT2D eigenvalue weighted by molar-refractivity contribution is -0.127. The lowest BCUT2D eigenvalue weighted by atomic mass is 10.1. The van der Waals surface area contributed by atoms with E-state index in [1.165, 1.54) is 22.2 Å². The van der Waals surface area contributed by atoms with Crippen molar-refractivity contribution in [3.05, 3.63) is 51.2 Å². The second-order valence-electron chi connectivity index (χ2n) is 6.28. The predicted molar refractivity (Wildman–Crippen MR) is 105 cm³/mol. The molecule has 0 atom stereocenters. The molecule has 0 bridgehead atoms. The molecule has 2 aromatic heterocycles. The second kappa shape index (κ2) is 8.01. The van der Waals surface area contributed by atoms with E-state index in [9.17, 15) is 4.79 Å². The standard InChI is InChI=1S/C18H21N5OS2/c1-12-7-13(2)9-15(8-12)23-18(19-20-21-23)26-11-17(24)22(4)10-16-14(3)5-6-25-16/h5-9H,10-11H2,1-4H3. The molecule has 0 fully saturated rings. The van der Waals surface area contributed by atoms with Crippen LogP contribution in [0.5, 0.6) is 0 Å². The molecule has 2 heterocycles. The molecular weight excluding hydrogens is 366 g/mol. The van der Waals surface area contributed by atoms with Crippen molar-refractivity contribution in [3.8, 4) is 5.69 Å². The van der Waals surface area contributed by atoms with Gasteiger partial charge in [-0.2, -0.15) is 4.68 Å². The third-order valence-corrected chi connectivity index (χ3v) is 5.90. The van der Waals surface area contributed by atoms with E-state index in [-0.39, 0.29) is 5.91 Å². The number of aryl methyl sites for hydroxylation is 3. The molecule has 0 radical (unpaired) electrons. The molecule has 0 unspecified atom stereocenters. The van der Waals surface area contributed by atoms with Crippen LogP contribution in [-0.2, 0) is 11.3 Å². The van der Waals surface area contributed by atoms with Crippen molar-refractivity contribution < 1.29 is 4.79 Å². The summed E-state index contributed by atoms with van der Waals surface area (Å²) in [6, 6.07) is 8.23. The van der Waals surface area contributed by atoms with E-state index in [1.807, 2.05) is 33.0 Å². The van der Waals surface area contributed by atoms with Crippen LogP contribution in [0.15, 0.2) is 34.8 Å². The number of rotatable bonds is 6. The highest BCUT2D eigenvalue weighted by Crippen LogP contribution is 2.21. The topological polar surface area (TPSA) is 63.9 Å². The molecule has 0 saturated heterocycles. The zero-order valence-corrected chi connectivity index (χ0v) is 16.9. The maximum Gasteiger partial charge on any atom is 0.233 e. The molecule has 1 amide bonds. The van der Waals surface area contributed by atoms with Crippen molar-refractivity contribution in [2.24, 2.45) is 0 Å². The molecule has 0 saturated carbocycles. The fraction of sp³-hybridized carbons (Fsp3) is 0.333. The van der Waals surface area contributed by atoms with Crippen molar-refractivity contribution in [3.63, 3.8) is 0 Å². The summed E-state index contributed by atoms with van der Waals surface area (Å²) in [6.45, 7) is 6.78. The Labute approximate surface area is 161 Å². The average Bonchev–Trinajstić information content (AvgIpc) is 3.21. The Morgan fingerprint density at radius 3 is 2.62 bits per heavy atom. The number of thioether (sulfide) groups is 1. The molecule has 0 spiro atoms. The number of tetrazole rings is 1. The van der Waals surface area contributed by atoms with E-state index in [0.29, 0.717) is 17.5 Å². The number of thiophene rings is 1. The highest BCUT2D eigenvalue weighted by atomic mass is 32.2. The van der Waals surface area contributed by atoms with E-state index in [0.717, 1.165) is 16.8 Å². The Kier molecular flexibility index (Phi) is 5.73. The summed E-state index contributed by atoms with van der Waals surface area (Å²) in [5.41, 5.74) is 4.42. The van der Waals surface area contributed by atoms with E-state index >= 15 is 0 Å². The number of carbonyl (C=O) groups is 1. The van der Waals surface area contributed by atoms with Gasteiger partial charge in [-0.25, -0.2) is 0 Å². The highest BCUT2D eigenvalue weighted by Gasteiger charge is 2.15. The minimum Gasteiger partial charge on any atom is -0.340 e. The summed E-state index contributed by atoms with van der Waals surface area (Å²) in [6.07, 6.45) is 0. The van der Waals surface area contributed by atoms with E-state index in [4.69, 9.17) is 0 Å². The molecule has 0 aliphatic rings. The third-order valence-electron chi connectivity index (χ3n) is 3.99. The van der Waals surface area contributed by atoms with Gasteiger partial charge in [0.2, 0.25) is 11.1 Å². The van der Waals surface area contributed by atoms with E-state index in [2.05, 4.69) is 40.0 Å². The Balaban J connectivity index is 1.66. The first kappa shape index (κ1) is 18.6. The van der Waals surface area contributed by atoms with Gasteiger partial charge in [0.25, 0.3) is 0 Å². The molecule has 136 valence electrons. The predicted octanol–water partition coefficient (Wildman–Crippen LogP) is 3.40. The van der Waals surface area contributed by atoms with Crippen molar-refractivity contribution >= 4 is 29.0 Å². The number of benzene rings is 1. The van der Waals surface area contributed by atoms with Crippen molar-refractivity contribution in [1.29, 1.82) is 0 Å². The Morgan fingerprint density at radius 1 is 1.23 bits per heavy atom. The van der Waals surface area contributed by atoms with Crippen molar-refractivity contribution in [2.45, 2.75) is 32.5 Å². The quantitative estimate of drug-likeness (QED) is 0.607. The monoisotopic (exact) mass is 387 g/mol. The zero-order chi connectivity index (χ0) is 18.7. The van der Waals surface area contributed by atoms with E-state index in [1.54, 1.807) is 20.9 Å². The number of amides is 1. The summed E-state index contributed by atoms with van der Waals surface area (Å²) < 4.78 is 1.68. The Hall–Kier alpha value is -2.19. The van der Waals surface area contributed by atoms with Crippen LogP contribution >= 0.6 is 23.1 Å². The number of carbonyl (C=O) groups excluding carboxylic acids is 1. The molecule has 3 rings (SSSR count). The van der Waals surface area contributed by atoms with Crippen molar-refractivity contribution in [2.75, 3.05) is 12.8 Å². The van der Waals surface area contributed by atoms with Gasteiger partial charge >= 0.3 is 0 Å². The van der Waals surface area contributed by atoms with Gasteiger partial charge in [0.05, 0.1) is 18.0 Å². The van der Waals surface area contributed by atoms with Gasteiger partial charge in [0.1, 0.15) is 0 Å². The fourth-order valence-electron chi connectivity index (χ4n) is 2.61. The summed E-state index contributed by atoms with van der Waals surface area (Å²) in [4.78, 5) is 15.4. The average molecular weight is 388 g/mol. The smallest absolute Gasteiger partial charge is 0.233 e. The Bertz CT molecular complexity index is 898. The lowest BCUT2D eigenvalue weighted by Crippen LogP contribution is -2.27. The third kappa shape index (κ3) is 4.31. The van der Waals surface area contributed by atoms with Gasteiger partial charge < -0.3 is 4.90 Å². The van der Waals surface area contributed by atoms with Crippen LogP contribution in [-0.4, -0.2) is 43.8 Å². The molecule has 0 aliphatic heterocycles. The first-order chi connectivity index (χ1) is 12.4. The zero-order valence-electron chi connectivity index (χ0n) is 15.3. The molecule has 0 aliphatic carbocycles. The number of aromatic nitrogens is 4.